The number of fused-ring (bicyclic) bond motifs is 16. The number of hydrogen-bond acceptors (Lipinski definition) is 1. The van der Waals surface area contributed by atoms with E-state index in [9.17, 15) is 0 Å². The van der Waals surface area contributed by atoms with E-state index in [1.165, 1.54) is 60.7 Å². The van der Waals surface area contributed by atoms with Crippen LogP contribution >= 0.6 is 31.9 Å². The van der Waals surface area contributed by atoms with Gasteiger partial charge in [0.15, 0.2) is 0 Å². The summed E-state index contributed by atoms with van der Waals surface area (Å²) < 4.78 is 8.51. The Balaban J connectivity index is 1.61. The van der Waals surface area contributed by atoms with Crippen LogP contribution in [0.4, 0.5) is 0 Å². The molecule has 7 aromatic rings. The number of para-hydroxylation sites is 1. The molecule has 2 aliphatic carbocycles. The molecular weight excluding hydrogens is 596 g/mol. The van der Waals surface area contributed by atoms with E-state index in [0.29, 0.717) is 0 Å². The normalized spacial score (nSPS) is 14.3. The van der Waals surface area contributed by atoms with Crippen molar-refractivity contribution in [1.82, 2.24) is 0 Å². The van der Waals surface area contributed by atoms with E-state index >= 15 is 0 Å². The third kappa shape index (κ3) is 2.35. The van der Waals surface area contributed by atoms with Gasteiger partial charge in [0.1, 0.15) is 11.2 Å². The number of benzene rings is 6. The lowest BCUT2D eigenvalue weighted by Gasteiger charge is -2.30. The molecule has 0 saturated heterocycles. The van der Waals surface area contributed by atoms with E-state index < -0.39 is 5.41 Å². The molecule has 0 aliphatic heterocycles. The lowest BCUT2D eigenvalue weighted by atomic mass is 9.70. The molecule has 38 heavy (non-hydrogen) atoms. The van der Waals surface area contributed by atoms with Gasteiger partial charge < -0.3 is 4.42 Å². The monoisotopic (exact) mass is 612 g/mol. The van der Waals surface area contributed by atoms with Crippen LogP contribution in [0.15, 0.2) is 123 Å². The van der Waals surface area contributed by atoms with Gasteiger partial charge in [-0.05, 0) is 99.3 Å². The molecular formula is C35H18Br2O. The Labute approximate surface area is 236 Å². The van der Waals surface area contributed by atoms with Crippen molar-refractivity contribution in [3.05, 3.63) is 140 Å². The first kappa shape index (κ1) is 21.3. The van der Waals surface area contributed by atoms with Crippen LogP contribution in [-0.4, -0.2) is 0 Å². The average Bonchev–Trinajstić information content (AvgIpc) is 3.58. The summed E-state index contributed by atoms with van der Waals surface area (Å²) in [6.45, 7) is 0. The quantitative estimate of drug-likeness (QED) is 0.166. The molecule has 1 spiro atoms. The number of hydrogen-bond donors (Lipinski definition) is 0. The van der Waals surface area contributed by atoms with Gasteiger partial charge in [0.25, 0.3) is 0 Å². The maximum absolute atomic E-state index is 6.56. The van der Waals surface area contributed by atoms with Gasteiger partial charge in [-0.15, -0.1) is 0 Å². The molecule has 1 aromatic heterocycles. The molecule has 2 aliphatic rings. The van der Waals surface area contributed by atoms with Gasteiger partial charge in [-0.2, -0.15) is 0 Å². The Morgan fingerprint density at radius 2 is 1.18 bits per heavy atom. The topological polar surface area (TPSA) is 13.1 Å². The van der Waals surface area contributed by atoms with Gasteiger partial charge in [0, 0.05) is 10.8 Å². The predicted molar refractivity (Wildman–Crippen MR) is 163 cm³/mol. The third-order valence-electron chi connectivity index (χ3n) is 8.61. The van der Waals surface area contributed by atoms with E-state index in [1.54, 1.807) is 0 Å². The second-order valence-corrected chi connectivity index (χ2v) is 12.0. The molecule has 0 radical (unpaired) electrons. The fourth-order valence-corrected chi connectivity index (χ4v) is 8.22. The highest BCUT2D eigenvalue weighted by molar-refractivity contribution is 9.11. The van der Waals surface area contributed by atoms with Gasteiger partial charge in [-0.25, -0.2) is 0 Å². The maximum atomic E-state index is 6.56. The van der Waals surface area contributed by atoms with E-state index in [-0.39, 0.29) is 0 Å². The first-order valence-electron chi connectivity index (χ1n) is 12.8. The Hall–Kier alpha value is -3.66. The Bertz CT molecular complexity index is 2120. The van der Waals surface area contributed by atoms with E-state index in [0.717, 1.165) is 25.5 Å². The second-order valence-electron chi connectivity index (χ2n) is 10.3. The molecule has 0 unspecified atom stereocenters. The predicted octanol–water partition coefficient (Wildman–Crippen LogP) is 10.6. The van der Waals surface area contributed by atoms with Crippen molar-refractivity contribution in [3.8, 4) is 22.3 Å². The molecule has 0 bridgehead atoms. The Morgan fingerprint density at radius 3 is 1.97 bits per heavy atom. The van der Waals surface area contributed by atoms with Crippen molar-refractivity contribution < 1.29 is 4.42 Å². The van der Waals surface area contributed by atoms with Gasteiger partial charge in [-0.1, -0.05) is 97.1 Å². The van der Waals surface area contributed by atoms with Gasteiger partial charge in [0.05, 0.1) is 14.4 Å². The summed E-state index contributed by atoms with van der Waals surface area (Å²) in [5.74, 6) is 0. The molecule has 3 heteroatoms. The lowest BCUT2D eigenvalue weighted by molar-refractivity contribution is 0.664. The van der Waals surface area contributed by atoms with Crippen molar-refractivity contribution in [2.75, 3.05) is 0 Å². The Kier molecular flexibility index (Phi) is 4.06. The number of rotatable bonds is 0. The van der Waals surface area contributed by atoms with E-state index in [1.807, 2.05) is 6.07 Å². The van der Waals surface area contributed by atoms with Crippen LogP contribution in [0.3, 0.4) is 0 Å². The van der Waals surface area contributed by atoms with Crippen molar-refractivity contribution in [2.24, 2.45) is 0 Å². The standard InChI is InChI=1S/C35H18Br2O/c36-28-15-7-12-23-31-32-27(18-29(37)34(31)38-33(23)28)35(26-17-16-19-8-1-2-9-20(19)30(26)32)24-13-5-3-10-21(24)22-11-4-6-14-25(22)35/h1-18H. The lowest BCUT2D eigenvalue weighted by Crippen LogP contribution is -2.25. The number of halogens is 2. The largest absolute Gasteiger partial charge is 0.454 e. The minimum absolute atomic E-state index is 0.409. The summed E-state index contributed by atoms with van der Waals surface area (Å²) in [6, 6.07) is 40.0. The summed E-state index contributed by atoms with van der Waals surface area (Å²) in [5, 5.41) is 4.82. The van der Waals surface area contributed by atoms with Gasteiger partial charge >= 0.3 is 0 Å². The van der Waals surface area contributed by atoms with Crippen molar-refractivity contribution in [3.63, 3.8) is 0 Å². The number of furan rings is 1. The zero-order valence-electron chi connectivity index (χ0n) is 20.1. The first-order chi connectivity index (χ1) is 18.7. The summed E-state index contributed by atoms with van der Waals surface area (Å²) in [5.41, 5.74) is 11.9. The highest BCUT2D eigenvalue weighted by Gasteiger charge is 2.53. The van der Waals surface area contributed by atoms with Crippen LogP contribution in [-0.2, 0) is 5.41 Å². The molecule has 9 rings (SSSR count). The van der Waals surface area contributed by atoms with Crippen LogP contribution in [0.25, 0.3) is 55.0 Å². The summed E-state index contributed by atoms with van der Waals surface area (Å²) >= 11 is 7.69. The fourth-order valence-electron chi connectivity index (χ4n) is 7.27. The van der Waals surface area contributed by atoms with Gasteiger partial charge in [0.2, 0.25) is 0 Å². The highest BCUT2D eigenvalue weighted by Crippen LogP contribution is 2.65. The molecule has 0 N–H and O–H groups in total. The van der Waals surface area contributed by atoms with Crippen LogP contribution in [0.1, 0.15) is 22.3 Å². The van der Waals surface area contributed by atoms with Crippen LogP contribution in [0, 0.1) is 0 Å². The highest BCUT2D eigenvalue weighted by atomic mass is 79.9. The zero-order valence-corrected chi connectivity index (χ0v) is 23.2. The zero-order chi connectivity index (χ0) is 25.2. The van der Waals surface area contributed by atoms with Crippen LogP contribution in [0.2, 0.25) is 0 Å². The van der Waals surface area contributed by atoms with Crippen molar-refractivity contribution >= 4 is 64.6 Å². The molecule has 0 amide bonds. The summed E-state index contributed by atoms with van der Waals surface area (Å²) in [4.78, 5) is 0. The minimum Gasteiger partial charge on any atom is -0.454 e. The molecule has 1 heterocycles. The smallest absolute Gasteiger partial charge is 0.150 e. The average molecular weight is 614 g/mol. The van der Waals surface area contributed by atoms with Crippen molar-refractivity contribution in [2.45, 2.75) is 5.41 Å². The van der Waals surface area contributed by atoms with Crippen LogP contribution in [0.5, 0.6) is 0 Å². The Morgan fingerprint density at radius 1 is 0.500 bits per heavy atom. The molecule has 6 aromatic carbocycles. The SMILES string of the molecule is Brc1cccc2c1oc1c(Br)cc3c(c12)-c1c(ccc2ccccc12)C31c2ccccc2-c2ccccc21. The molecule has 0 atom stereocenters. The van der Waals surface area contributed by atoms with Crippen molar-refractivity contribution in [1.29, 1.82) is 0 Å². The maximum Gasteiger partial charge on any atom is 0.150 e. The second kappa shape index (κ2) is 7.25. The minimum atomic E-state index is -0.409. The molecule has 0 fully saturated rings. The van der Waals surface area contributed by atoms with Gasteiger partial charge in [-0.3, -0.25) is 0 Å². The molecule has 0 saturated carbocycles. The molecule has 1 nitrogen and oxygen atoms in total. The summed E-state index contributed by atoms with van der Waals surface area (Å²) in [7, 11) is 0. The fraction of sp³-hybridized carbons (Fsp3) is 0.0286. The van der Waals surface area contributed by atoms with Crippen LogP contribution < -0.4 is 0 Å². The summed E-state index contributed by atoms with van der Waals surface area (Å²) in [6.07, 6.45) is 0. The van der Waals surface area contributed by atoms with E-state index in [2.05, 4.69) is 135 Å². The third-order valence-corrected chi connectivity index (χ3v) is 9.83. The van der Waals surface area contributed by atoms with E-state index in [4.69, 9.17) is 4.42 Å². The molecule has 178 valence electrons. The first-order valence-corrected chi connectivity index (χ1v) is 14.3.